The first-order valence-corrected chi connectivity index (χ1v) is 7.99. The Morgan fingerprint density at radius 2 is 1.83 bits per heavy atom. The number of unbranched alkanes of at least 4 members (excludes halogenated alkanes) is 5. The van der Waals surface area contributed by atoms with Gasteiger partial charge in [-0.25, -0.2) is 0 Å². The van der Waals surface area contributed by atoms with Gasteiger partial charge in [-0.05, 0) is 31.1 Å². The largest absolute Gasteiger partial charge is 0.296 e. The van der Waals surface area contributed by atoms with E-state index in [1.807, 2.05) is 18.2 Å². The quantitative estimate of drug-likeness (QED) is 0.313. The van der Waals surface area contributed by atoms with Gasteiger partial charge in [0.25, 0.3) is 0 Å². The van der Waals surface area contributed by atoms with Crippen molar-refractivity contribution in [2.45, 2.75) is 38.5 Å². The Labute approximate surface area is 140 Å². The molecule has 1 rings (SSSR count). The van der Waals surface area contributed by atoms with Crippen LogP contribution in [0.5, 0.6) is 0 Å². The van der Waals surface area contributed by atoms with Crippen molar-refractivity contribution in [3.8, 4) is 23.7 Å². The van der Waals surface area contributed by atoms with Gasteiger partial charge in [0.15, 0.2) is 0 Å². The Hall–Kier alpha value is -2.58. The van der Waals surface area contributed by atoms with Gasteiger partial charge in [0.1, 0.15) is 0 Å². The van der Waals surface area contributed by atoms with Crippen molar-refractivity contribution >= 4 is 6.21 Å². The normalized spacial score (nSPS) is 10.6. The molecule has 0 aromatic carbocycles. The second kappa shape index (κ2) is 13.1. The Balaban J connectivity index is 2.10. The van der Waals surface area contributed by atoms with Crippen molar-refractivity contribution < 1.29 is 0 Å². The minimum Gasteiger partial charge on any atom is -0.296 e. The number of allylic oxidation sites excluding steroid dienone is 3. The molecule has 0 saturated carbocycles. The van der Waals surface area contributed by atoms with Crippen LogP contribution in [0, 0.1) is 23.7 Å². The third kappa shape index (κ3) is 9.88. The highest BCUT2D eigenvalue weighted by atomic mass is 14.6. The molecule has 0 aliphatic carbocycles. The number of hydrogen-bond acceptors (Lipinski definition) is 2. The van der Waals surface area contributed by atoms with E-state index in [0.29, 0.717) is 0 Å². The number of rotatable bonds is 7. The van der Waals surface area contributed by atoms with Crippen molar-refractivity contribution in [3.05, 3.63) is 54.4 Å². The van der Waals surface area contributed by atoms with E-state index in [0.717, 1.165) is 36.8 Å². The molecule has 2 heteroatoms. The second-order valence-electron chi connectivity index (χ2n) is 4.99. The zero-order valence-electron chi connectivity index (χ0n) is 13.9. The summed E-state index contributed by atoms with van der Waals surface area (Å²) in [5.41, 5.74) is 1.96. The van der Waals surface area contributed by atoms with Gasteiger partial charge in [-0.3, -0.25) is 9.98 Å². The van der Waals surface area contributed by atoms with Crippen molar-refractivity contribution in [3.63, 3.8) is 0 Å². The first-order valence-electron chi connectivity index (χ1n) is 7.99. The predicted octanol–water partition coefficient (Wildman–Crippen LogP) is 4.59. The molecular formula is C21H24N2. The summed E-state index contributed by atoms with van der Waals surface area (Å²) in [7, 11) is 1.74. The number of pyridine rings is 1. The number of hydrogen-bond donors (Lipinski definition) is 0. The van der Waals surface area contributed by atoms with Crippen LogP contribution in [0.1, 0.15) is 44.1 Å². The molecule has 2 nitrogen and oxygen atoms in total. The Bertz CT molecular complexity index is 631. The molecule has 1 aromatic heterocycles. The molecule has 0 unspecified atom stereocenters. The van der Waals surface area contributed by atoms with Gasteiger partial charge in [-0.2, -0.15) is 0 Å². The summed E-state index contributed by atoms with van der Waals surface area (Å²) in [4.78, 5) is 7.88. The lowest BCUT2D eigenvalue weighted by Crippen LogP contribution is -1.79. The maximum Gasteiger partial charge on any atom is 0.0280 e. The molecule has 0 atom stereocenters. The van der Waals surface area contributed by atoms with Crippen LogP contribution >= 0.6 is 0 Å². The number of nitrogens with zero attached hydrogens (tertiary/aromatic N) is 2. The van der Waals surface area contributed by atoms with Gasteiger partial charge < -0.3 is 0 Å². The molecule has 0 bridgehead atoms. The van der Waals surface area contributed by atoms with E-state index in [1.165, 1.54) is 12.8 Å². The van der Waals surface area contributed by atoms with Crippen molar-refractivity contribution in [1.29, 1.82) is 0 Å². The minimum absolute atomic E-state index is 0.919. The van der Waals surface area contributed by atoms with Crippen LogP contribution in [-0.2, 0) is 0 Å². The van der Waals surface area contributed by atoms with Crippen LogP contribution in [-0.4, -0.2) is 18.2 Å². The Morgan fingerprint density at radius 1 is 1.13 bits per heavy atom. The molecule has 0 fully saturated rings. The highest BCUT2D eigenvalue weighted by Gasteiger charge is 1.88. The lowest BCUT2D eigenvalue weighted by molar-refractivity contribution is 0.661. The lowest BCUT2D eigenvalue weighted by atomic mass is 10.1. The van der Waals surface area contributed by atoms with Gasteiger partial charge in [-0.15, -0.1) is 0 Å². The van der Waals surface area contributed by atoms with E-state index in [9.17, 15) is 0 Å². The van der Waals surface area contributed by atoms with Crippen LogP contribution in [0.2, 0.25) is 0 Å². The van der Waals surface area contributed by atoms with Crippen molar-refractivity contribution in [2.24, 2.45) is 4.99 Å². The standard InChI is InChI=1S/C21H24N2/c1-3-20(14-17-22-2)12-10-8-6-4-5-7-9-11-13-21-15-18-23-19-16-21/h3,14-19H,1,4-9H2,2H3/b20-14+,22-17?. The molecule has 0 saturated heterocycles. The second-order valence-corrected chi connectivity index (χ2v) is 4.99. The smallest absolute Gasteiger partial charge is 0.0280 e. The fourth-order valence-electron chi connectivity index (χ4n) is 1.86. The Morgan fingerprint density at radius 3 is 2.48 bits per heavy atom. The highest BCUT2D eigenvalue weighted by Crippen LogP contribution is 2.05. The maximum absolute atomic E-state index is 3.98. The topological polar surface area (TPSA) is 25.2 Å². The van der Waals surface area contributed by atoms with Crippen molar-refractivity contribution in [2.75, 3.05) is 7.05 Å². The van der Waals surface area contributed by atoms with Crippen molar-refractivity contribution in [1.82, 2.24) is 4.98 Å². The molecule has 0 N–H and O–H groups in total. The summed E-state index contributed by atoms with van der Waals surface area (Å²) in [5.74, 6) is 12.7. The fourth-order valence-corrected chi connectivity index (χ4v) is 1.86. The summed E-state index contributed by atoms with van der Waals surface area (Å²) >= 11 is 0. The molecule has 0 aliphatic heterocycles. The molecule has 0 amide bonds. The lowest BCUT2D eigenvalue weighted by Gasteiger charge is -1.95. The average molecular weight is 304 g/mol. The average Bonchev–Trinajstić information content (AvgIpc) is 2.60. The van der Waals surface area contributed by atoms with E-state index in [1.54, 1.807) is 31.7 Å². The molecule has 0 radical (unpaired) electrons. The Kier molecular flexibility index (Phi) is 10.5. The summed E-state index contributed by atoms with van der Waals surface area (Å²) in [6, 6.07) is 3.87. The van der Waals surface area contributed by atoms with Gasteiger partial charge in [0.2, 0.25) is 0 Å². The predicted molar refractivity (Wildman–Crippen MR) is 99.3 cm³/mol. The summed E-state index contributed by atoms with van der Waals surface area (Å²) in [5, 5.41) is 0. The number of aromatic nitrogens is 1. The maximum atomic E-state index is 3.98. The first kappa shape index (κ1) is 18.5. The summed E-state index contributed by atoms with van der Waals surface area (Å²) < 4.78 is 0. The fraction of sp³-hybridized carbons (Fsp3) is 0.333. The molecular weight excluding hydrogens is 280 g/mol. The third-order valence-electron chi connectivity index (χ3n) is 3.12. The van der Waals surface area contributed by atoms with Crippen LogP contribution < -0.4 is 0 Å². The van der Waals surface area contributed by atoms with Gasteiger partial charge in [0, 0.05) is 49.6 Å². The third-order valence-corrected chi connectivity index (χ3v) is 3.12. The van der Waals surface area contributed by atoms with Crippen LogP contribution in [0.15, 0.2) is 53.8 Å². The van der Waals surface area contributed by atoms with Gasteiger partial charge >= 0.3 is 0 Å². The zero-order chi connectivity index (χ0) is 16.6. The van der Waals surface area contributed by atoms with E-state index in [4.69, 9.17) is 0 Å². The molecule has 1 heterocycles. The van der Waals surface area contributed by atoms with Crippen LogP contribution in [0.4, 0.5) is 0 Å². The van der Waals surface area contributed by atoms with Gasteiger partial charge in [0.05, 0.1) is 0 Å². The summed E-state index contributed by atoms with van der Waals surface area (Å²) in [6.07, 6.45) is 15.5. The first-order chi connectivity index (χ1) is 11.4. The molecule has 118 valence electrons. The van der Waals surface area contributed by atoms with E-state index < -0.39 is 0 Å². The van der Waals surface area contributed by atoms with E-state index in [-0.39, 0.29) is 0 Å². The van der Waals surface area contributed by atoms with E-state index in [2.05, 4.69) is 40.2 Å². The number of aliphatic imine (C=N–C) groups is 1. The molecule has 1 aromatic rings. The van der Waals surface area contributed by atoms with Crippen LogP contribution in [0.3, 0.4) is 0 Å². The molecule has 0 aliphatic rings. The summed E-state index contributed by atoms with van der Waals surface area (Å²) in [6.45, 7) is 3.74. The van der Waals surface area contributed by atoms with Gasteiger partial charge in [-0.1, -0.05) is 49.2 Å². The highest BCUT2D eigenvalue weighted by molar-refractivity contribution is 5.74. The van der Waals surface area contributed by atoms with Crippen LogP contribution in [0.25, 0.3) is 0 Å². The SMILES string of the molecule is C=C/C(C#CCCCCCCC#Cc1ccncc1)=C\C=NC. The minimum atomic E-state index is 0.919. The monoisotopic (exact) mass is 304 g/mol. The molecule has 0 spiro atoms. The molecule has 23 heavy (non-hydrogen) atoms. The van der Waals surface area contributed by atoms with E-state index >= 15 is 0 Å². The zero-order valence-corrected chi connectivity index (χ0v) is 13.9.